The molecule has 2 radical (unpaired) electrons. The molecule has 0 unspecified atom stereocenters. The van der Waals surface area contributed by atoms with Gasteiger partial charge in [-0.25, -0.2) is 8.78 Å². The van der Waals surface area contributed by atoms with Gasteiger partial charge in [0, 0.05) is 0 Å². The van der Waals surface area contributed by atoms with Crippen LogP contribution in [0.3, 0.4) is 0 Å². The van der Waals surface area contributed by atoms with Crippen molar-refractivity contribution >= 4 is 7.85 Å². The molecular weight excluding hydrogens is 245 g/mol. The lowest BCUT2D eigenvalue weighted by atomic mass is 9.61. The quantitative estimate of drug-likeness (QED) is 0.527. The fraction of sp³-hybridized carbons (Fsp3) is 0.600. The van der Waals surface area contributed by atoms with Gasteiger partial charge in [-0.1, -0.05) is 40.0 Å². The van der Waals surface area contributed by atoms with E-state index < -0.39 is 16.9 Å². The topological polar surface area (TPSA) is 9.23 Å². The minimum Gasteiger partial charge on any atom is -0.488 e. The maximum absolute atomic E-state index is 13.9. The third-order valence-electron chi connectivity index (χ3n) is 3.58. The Bertz CT molecular complexity index is 394. The SMILES string of the molecule is [B]C(CC)(CC)c1cc(F)c(OCCCC)c(F)c1. The second-order valence-electron chi connectivity index (χ2n) is 4.83. The zero-order valence-corrected chi connectivity index (χ0v) is 11.9. The highest BCUT2D eigenvalue weighted by molar-refractivity contribution is 6.15. The summed E-state index contributed by atoms with van der Waals surface area (Å²) in [5.74, 6) is -1.66. The van der Waals surface area contributed by atoms with Crippen LogP contribution >= 0.6 is 0 Å². The molecule has 1 aromatic rings. The predicted octanol–water partition coefficient (Wildman–Crippen LogP) is 4.33. The van der Waals surface area contributed by atoms with Crippen LogP contribution in [0, 0.1) is 11.6 Å². The summed E-state index contributed by atoms with van der Waals surface area (Å²) in [5.41, 5.74) is 0.482. The van der Waals surface area contributed by atoms with Gasteiger partial charge in [0.15, 0.2) is 17.4 Å². The van der Waals surface area contributed by atoms with Gasteiger partial charge in [-0.2, -0.15) is 0 Å². The summed E-state index contributed by atoms with van der Waals surface area (Å²) in [4.78, 5) is 0. The Kier molecular flexibility index (Phi) is 5.83. The molecule has 0 N–H and O–H groups in total. The smallest absolute Gasteiger partial charge is 0.190 e. The van der Waals surface area contributed by atoms with Crippen molar-refractivity contribution in [2.45, 2.75) is 51.8 Å². The van der Waals surface area contributed by atoms with E-state index in [1.54, 1.807) is 0 Å². The first-order valence-corrected chi connectivity index (χ1v) is 6.89. The van der Waals surface area contributed by atoms with Gasteiger partial charge in [-0.3, -0.25) is 0 Å². The average molecular weight is 266 g/mol. The second-order valence-corrected chi connectivity index (χ2v) is 4.83. The number of benzene rings is 1. The first-order chi connectivity index (χ1) is 8.98. The summed E-state index contributed by atoms with van der Waals surface area (Å²) in [7, 11) is 6.15. The van der Waals surface area contributed by atoms with E-state index in [9.17, 15) is 8.78 Å². The van der Waals surface area contributed by atoms with Crippen molar-refractivity contribution in [2.24, 2.45) is 0 Å². The molecule has 0 aliphatic heterocycles. The van der Waals surface area contributed by atoms with E-state index >= 15 is 0 Å². The monoisotopic (exact) mass is 266 g/mol. The Balaban J connectivity index is 3.02. The normalized spacial score (nSPS) is 11.6. The summed E-state index contributed by atoms with van der Waals surface area (Å²) in [6.07, 6.45) is 2.93. The second kappa shape index (κ2) is 6.92. The first kappa shape index (κ1) is 16.0. The third-order valence-corrected chi connectivity index (χ3v) is 3.58. The van der Waals surface area contributed by atoms with Crippen molar-refractivity contribution in [1.82, 2.24) is 0 Å². The van der Waals surface area contributed by atoms with Crippen molar-refractivity contribution in [3.05, 3.63) is 29.3 Å². The van der Waals surface area contributed by atoms with Gasteiger partial charge >= 0.3 is 0 Å². The zero-order valence-electron chi connectivity index (χ0n) is 11.9. The molecule has 0 aliphatic carbocycles. The van der Waals surface area contributed by atoms with E-state index in [2.05, 4.69) is 0 Å². The van der Waals surface area contributed by atoms with Crippen molar-refractivity contribution in [2.75, 3.05) is 6.61 Å². The van der Waals surface area contributed by atoms with E-state index in [0.717, 1.165) is 12.8 Å². The fourth-order valence-corrected chi connectivity index (χ4v) is 1.96. The molecule has 0 saturated heterocycles. The van der Waals surface area contributed by atoms with Gasteiger partial charge in [0.25, 0.3) is 0 Å². The molecule has 0 spiro atoms. The van der Waals surface area contributed by atoms with Gasteiger partial charge in [-0.05, 0) is 29.4 Å². The maximum atomic E-state index is 13.9. The highest BCUT2D eigenvalue weighted by Gasteiger charge is 2.25. The van der Waals surface area contributed by atoms with Gasteiger partial charge in [0.05, 0.1) is 14.5 Å². The van der Waals surface area contributed by atoms with Crippen LogP contribution in [-0.4, -0.2) is 14.5 Å². The Morgan fingerprint density at radius 2 is 1.63 bits per heavy atom. The minimum atomic E-state index is -0.691. The molecule has 0 aromatic heterocycles. The Morgan fingerprint density at radius 1 is 1.11 bits per heavy atom. The molecule has 104 valence electrons. The number of hydrogen-bond acceptors (Lipinski definition) is 1. The van der Waals surface area contributed by atoms with Gasteiger partial charge < -0.3 is 4.74 Å². The van der Waals surface area contributed by atoms with Crippen molar-refractivity contribution < 1.29 is 13.5 Å². The number of hydrogen-bond donors (Lipinski definition) is 0. The summed E-state index contributed by atoms with van der Waals surface area (Å²) >= 11 is 0. The summed E-state index contributed by atoms with van der Waals surface area (Å²) in [6.45, 7) is 6.12. The number of unbranched alkanes of at least 4 members (excludes halogenated alkanes) is 1. The van der Waals surface area contributed by atoms with Crippen LogP contribution in [0.15, 0.2) is 12.1 Å². The van der Waals surface area contributed by atoms with Crippen LogP contribution in [0.25, 0.3) is 0 Å². The van der Waals surface area contributed by atoms with E-state index in [4.69, 9.17) is 12.6 Å². The molecule has 0 atom stereocenters. The van der Waals surface area contributed by atoms with E-state index in [1.165, 1.54) is 12.1 Å². The van der Waals surface area contributed by atoms with Crippen molar-refractivity contribution in [3.63, 3.8) is 0 Å². The van der Waals surface area contributed by atoms with E-state index in [1.807, 2.05) is 20.8 Å². The molecule has 1 nitrogen and oxygen atoms in total. The number of halogens is 2. The molecule has 0 saturated carbocycles. The van der Waals surface area contributed by atoms with Crippen LogP contribution < -0.4 is 4.74 Å². The lowest BCUT2D eigenvalue weighted by Gasteiger charge is -2.28. The zero-order chi connectivity index (χ0) is 14.5. The highest BCUT2D eigenvalue weighted by Crippen LogP contribution is 2.33. The predicted molar refractivity (Wildman–Crippen MR) is 74.8 cm³/mol. The number of rotatable bonds is 7. The van der Waals surface area contributed by atoms with Crippen LogP contribution in [0.1, 0.15) is 52.0 Å². The van der Waals surface area contributed by atoms with E-state index in [-0.39, 0.29) is 5.75 Å². The van der Waals surface area contributed by atoms with Gasteiger partial charge in [0.1, 0.15) is 0 Å². The Hall–Kier alpha value is -1.06. The molecule has 0 amide bonds. The van der Waals surface area contributed by atoms with Crippen LogP contribution in [0.2, 0.25) is 0 Å². The van der Waals surface area contributed by atoms with Crippen LogP contribution in [0.4, 0.5) is 8.78 Å². The molecule has 1 aromatic carbocycles. The third kappa shape index (κ3) is 3.71. The summed E-state index contributed by atoms with van der Waals surface area (Å²) in [5, 5.41) is -0.691. The Labute approximate surface area is 115 Å². The minimum absolute atomic E-state index is 0.299. The summed E-state index contributed by atoms with van der Waals surface area (Å²) < 4.78 is 33.0. The maximum Gasteiger partial charge on any atom is 0.190 e. The molecule has 0 fully saturated rings. The average Bonchev–Trinajstić information content (AvgIpc) is 2.40. The molecular formula is C15H21BF2O. The van der Waals surface area contributed by atoms with Crippen molar-refractivity contribution in [1.29, 1.82) is 0 Å². The fourth-order valence-electron chi connectivity index (χ4n) is 1.96. The molecule has 4 heteroatoms. The van der Waals surface area contributed by atoms with E-state index in [0.29, 0.717) is 25.0 Å². The van der Waals surface area contributed by atoms with Crippen LogP contribution in [-0.2, 0) is 5.31 Å². The lowest BCUT2D eigenvalue weighted by Crippen LogP contribution is -2.25. The molecule has 0 bridgehead atoms. The van der Waals surface area contributed by atoms with Crippen molar-refractivity contribution in [3.8, 4) is 5.75 Å². The largest absolute Gasteiger partial charge is 0.488 e. The van der Waals surface area contributed by atoms with Gasteiger partial charge in [-0.15, -0.1) is 0 Å². The first-order valence-electron chi connectivity index (χ1n) is 6.89. The number of ether oxygens (including phenoxy) is 1. The standard InChI is InChI=1S/C15H21BF2O/c1-4-7-8-19-14-12(17)9-11(10-13(14)18)15(16,5-2)6-3/h9-10H,4-8H2,1-3H3. The van der Waals surface area contributed by atoms with Crippen LogP contribution in [0.5, 0.6) is 5.75 Å². The summed E-state index contributed by atoms with van der Waals surface area (Å²) in [6, 6.07) is 2.58. The Morgan fingerprint density at radius 3 is 2.05 bits per heavy atom. The highest BCUT2D eigenvalue weighted by atomic mass is 19.1. The lowest BCUT2D eigenvalue weighted by molar-refractivity contribution is 0.278. The molecule has 0 heterocycles. The van der Waals surface area contributed by atoms with Gasteiger partial charge in [0.2, 0.25) is 0 Å². The molecule has 0 aliphatic rings. The molecule has 1 rings (SSSR count). The molecule has 19 heavy (non-hydrogen) atoms.